The highest BCUT2D eigenvalue weighted by atomic mass is 35.5. The highest BCUT2D eigenvalue weighted by molar-refractivity contribution is 6.31. The molecule has 0 fully saturated rings. The van der Waals surface area contributed by atoms with Gasteiger partial charge in [-0.2, -0.15) is 0 Å². The fraction of sp³-hybridized carbons (Fsp3) is 0.188. The van der Waals surface area contributed by atoms with Crippen LogP contribution in [-0.4, -0.2) is 24.8 Å². The summed E-state index contributed by atoms with van der Waals surface area (Å²) in [7, 11) is 1.96. The minimum absolute atomic E-state index is 0.164. The Hall–Kier alpha value is -2.44. The van der Waals surface area contributed by atoms with Gasteiger partial charge in [-0.1, -0.05) is 16.8 Å². The summed E-state index contributed by atoms with van der Waals surface area (Å²) in [5.41, 5.74) is 3.39. The molecule has 0 unspecified atom stereocenters. The molecule has 0 spiro atoms. The SMILES string of the molecule is Cn1c(Cc2cc(CO)on2)nc2cnc3ccc(Cl)cc3c21. The Balaban J connectivity index is 1.86. The quantitative estimate of drug-likeness (QED) is 0.625. The second-order valence-electron chi connectivity index (χ2n) is 5.36. The summed E-state index contributed by atoms with van der Waals surface area (Å²) >= 11 is 6.12. The van der Waals surface area contributed by atoms with Gasteiger partial charge >= 0.3 is 0 Å². The number of hydrogen-bond donors (Lipinski definition) is 1. The third-order valence-corrected chi connectivity index (χ3v) is 4.09. The van der Waals surface area contributed by atoms with Gasteiger partial charge in [0.15, 0.2) is 5.76 Å². The van der Waals surface area contributed by atoms with Crippen molar-refractivity contribution in [2.75, 3.05) is 0 Å². The van der Waals surface area contributed by atoms with Crippen LogP contribution in [0.2, 0.25) is 5.02 Å². The summed E-state index contributed by atoms with van der Waals surface area (Å²) < 4.78 is 7.04. The summed E-state index contributed by atoms with van der Waals surface area (Å²) in [6.45, 7) is -0.164. The maximum absolute atomic E-state index is 9.05. The molecule has 0 aliphatic rings. The largest absolute Gasteiger partial charge is 0.388 e. The molecule has 3 heterocycles. The molecule has 1 aromatic carbocycles. The molecule has 116 valence electrons. The Morgan fingerprint density at radius 3 is 2.91 bits per heavy atom. The van der Waals surface area contributed by atoms with Crippen molar-refractivity contribution in [2.45, 2.75) is 13.0 Å². The molecule has 0 aliphatic carbocycles. The van der Waals surface area contributed by atoms with Crippen LogP contribution < -0.4 is 0 Å². The van der Waals surface area contributed by atoms with E-state index in [9.17, 15) is 0 Å². The lowest BCUT2D eigenvalue weighted by molar-refractivity contribution is 0.228. The maximum atomic E-state index is 9.05. The lowest BCUT2D eigenvalue weighted by Crippen LogP contribution is -1.99. The Kier molecular flexibility index (Phi) is 3.28. The number of aliphatic hydroxyl groups is 1. The lowest BCUT2D eigenvalue weighted by atomic mass is 10.2. The van der Waals surface area contributed by atoms with Crippen LogP contribution >= 0.6 is 11.6 Å². The van der Waals surface area contributed by atoms with Gasteiger partial charge in [0.05, 0.1) is 29.3 Å². The molecular formula is C16H13ClN4O2. The minimum atomic E-state index is -0.164. The number of halogens is 1. The molecule has 0 bridgehead atoms. The predicted octanol–water partition coefficient (Wildman–Crippen LogP) is 2.85. The van der Waals surface area contributed by atoms with E-state index in [2.05, 4.69) is 15.1 Å². The zero-order valence-electron chi connectivity index (χ0n) is 12.3. The van der Waals surface area contributed by atoms with Crippen LogP contribution in [0, 0.1) is 0 Å². The predicted molar refractivity (Wildman–Crippen MR) is 86.3 cm³/mol. The topological polar surface area (TPSA) is 77.0 Å². The van der Waals surface area contributed by atoms with Crippen LogP contribution in [0.5, 0.6) is 0 Å². The van der Waals surface area contributed by atoms with Crippen molar-refractivity contribution in [3.8, 4) is 0 Å². The molecule has 0 saturated heterocycles. The number of fused-ring (bicyclic) bond motifs is 3. The Morgan fingerprint density at radius 2 is 2.13 bits per heavy atom. The molecule has 0 radical (unpaired) electrons. The fourth-order valence-electron chi connectivity index (χ4n) is 2.75. The third kappa shape index (κ3) is 2.36. The van der Waals surface area contributed by atoms with Gasteiger partial charge in [-0.05, 0) is 18.2 Å². The summed E-state index contributed by atoms with van der Waals surface area (Å²) in [5, 5.41) is 14.6. The van der Waals surface area contributed by atoms with Crippen molar-refractivity contribution in [1.82, 2.24) is 19.7 Å². The van der Waals surface area contributed by atoms with E-state index in [0.29, 0.717) is 17.2 Å². The molecule has 0 atom stereocenters. The van der Waals surface area contributed by atoms with E-state index in [1.54, 1.807) is 12.3 Å². The molecular weight excluding hydrogens is 316 g/mol. The summed E-state index contributed by atoms with van der Waals surface area (Å²) in [4.78, 5) is 9.06. The average Bonchev–Trinajstić information content (AvgIpc) is 3.13. The van der Waals surface area contributed by atoms with E-state index in [1.165, 1.54) is 0 Å². The van der Waals surface area contributed by atoms with Gasteiger partial charge in [0, 0.05) is 23.5 Å². The zero-order chi connectivity index (χ0) is 16.0. The van der Waals surface area contributed by atoms with Crippen molar-refractivity contribution in [3.05, 3.63) is 52.8 Å². The first-order valence-corrected chi connectivity index (χ1v) is 7.48. The van der Waals surface area contributed by atoms with E-state index >= 15 is 0 Å². The van der Waals surface area contributed by atoms with Gasteiger partial charge in [0.2, 0.25) is 0 Å². The molecule has 1 N–H and O–H groups in total. The van der Waals surface area contributed by atoms with Gasteiger partial charge in [-0.3, -0.25) is 4.98 Å². The highest BCUT2D eigenvalue weighted by Gasteiger charge is 2.14. The summed E-state index contributed by atoms with van der Waals surface area (Å²) in [5.74, 6) is 1.28. The van der Waals surface area contributed by atoms with Crippen LogP contribution in [0.1, 0.15) is 17.3 Å². The maximum Gasteiger partial charge on any atom is 0.162 e. The summed E-state index contributed by atoms with van der Waals surface area (Å²) in [6.07, 6.45) is 2.27. The van der Waals surface area contributed by atoms with Gasteiger partial charge < -0.3 is 14.2 Å². The standard InChI is InChI=1S/C16H13ClN4O2/c1-21-15(6-10-5-11(8-22)23-20-10)19-14-7-18-13-3-2-9(17)4-12(13)16(14)21/h2-5,7,22H,6,8H2,1H3. The first kappa shape index (κ1) is 14.2. The van der Waals surface area contributed by atoms with Gasteiger partial charge in [-0.25, -0.2) is 4.98 Å². The number of imidazole rings is 1. The van der Waals surface area contributed by atoms with E-state index in [4.69, 9.17) is 21.2 Å². The molecule has 3 aromatic heterocycles. The van der Waals surface area contributed by atoms with E-state index in [0.717, 1.165) is 33.5 Å². The molecule has 0 saturated carbocycles. The number of nitrogens with zero attached hydrogens (tertiary/aromatic N) is 4. The van der Waals surface area contributed by atoms with Gasteiger partial charge in [-0.15, -0.1) is 0 Å². The van der Waals surface area contributed by atoms with Crippen LogP contribution in [0.3, 0.4) is 0 Å². The Bertz CT molecular complexity index is 1020. The number of aryl methyl sites for hydroxylation is 1. The molecule has 4 rings (SSSR count). The molecule has 0 aliphatic heterocycles. The molecule has 7 heteroatoms. The lowest BCUT2D eigenvalue weighted by Gasteiger charge is -2.03. The second kappa shape index (κ2) is 5.33. The number of benzene rings is 1. The van der Waals surface area contributed by atoms with Crippen molar-refractivity contribution in [2.24, 2.45) is 7.05 Å². The molecule has 0 amide bonds. The number of pyridine rings is 1. The van der Waals surface area contributed by atoms with E-state index < -0.39 is 0 Å². The third-order valence-electron chi connectivity index (χ3n) is 3.86. The fourth-order valence-corrected chi connectivity index (χ4v) is 2.92. The number of hydrogen-bond acceptors (Lipinski definition) is 5. The van der Waals surface area contributed by atoms with Crippen molar-refractivity contribution < 1.29 is 9.63 Å². The normalized spacial score (nSPS) is 11.6. The van der Waals surface area contributed by atoms with E-state index in [1.807, 2.05) is 29.8 Å². The van der Waals surface area contributed by atoms with Crippen molar-refractivity contribution >= 4 is 33.5 Å². The monoisotopic (exact) mass is 328 g/mol. The molecule has 4 aromatic rings. The number of aromatic nitrogens is 4. The second-order valence-corrected chi connectivity index (χ2v) is 5.80. The smallest absolute Gasteiger partial charge is 0.162 e. The Labute approximate surface area is 136 Å². The molecule has 23 heavy (non-hydrogen) atoms. The van der Waals surface area contributed by atoms with Crippen molar-refractivity contribution in [1.29, 1.82) is 0 Å². The Morgan fingerprint density at radius 1 is 1.26 bits per heavy atom. The van der Waals surface area contributed by atoms with Gasteiger partial charge in [0.1, 0.15) is 17.9 Å². The van der Waals surface area contributed by atoms with E-state index in [-0.39, 0.29) is 6.61 Å². The minimum Gasteiger partial charge on any atom is -0.388 e. The van der Waals surface area contributed by atoms with Crippen LogP contribution in [0.15, 0.2) is 35.0 Å². The number of rotatable bonds is 3. The van der Waals surface area contributed by atoms with Crippen LogP contribution in [-0.2, 0) is 20.1 Å². The van der Waals surface area contributed by atoms with Gasteiger partial charge in [0.25, 0.3) is 0 Å². The van der Waals surface area contributed by atoms with Crippen LogP contribution in [0.25, 0.3) is 21.9 Å². The molecule has 6 nitrogen and oxygen atoms in total. The van der Waals surface area contributed by atoms with Crippen LogP contribution in [0.4, 0.5) is 0 Å². The van der Waals surface area contributed by atoms with Crippen molar-refractivity contribution in [3.63, 3.8) is 0 Å². The first-order valence-electron chi connectivity index (χ1n) is 7.10. The highest BCUT2D eigenvalue weighted by Crippen LogP contribution is 2.27. The average molecular weight is 329 g/mol. The first-order chi connectivity index (χ1) is 11.2. The zero-order valence-corrected chi connectivity index (χ0v) is 13.1. The summed E-state index contributed by atoms with van der Waals surface area (Å²) in [6, 6.07) is 7.35. The number of aliphatic hydroxyl groups excluding tert-OH is 1.